The van der Waals surface area contributed by atoms with Crippen molar-refractivity contribution in [3.8, 4) is 0 Å². The smallest absolute Gasteiger partial charge is 0.322 e. The van der Waals surface area contributed by atoms with E-state index in [1.807, 2.05) is 79.7 Å². The number of benzene rings is 3. The molecular formula is C23H23N3O2. The maximum absolute atomic E-state index is 12.5. The molecule has 28 heavy (non-hydrogen) atoms. The first-order chi connectivity index (χ1) is 13.5. The second kappa shape index (κ2) is 8.86. The van der Waals surface area contributed by atoms with Crippen LogP contribution in [-0.4, -0.2) is 23.9 Å². The zero-order chi connectivity index (χ0) is 19.9. The molecule has 0 aliphatic rings. The van der Waals surface area contributed by atoms with Crippen LogP contribution in [0.1, 0.15) is 28.9 Å². The summed E-state index contributed by atoms with van der Waals surface area (Å²) >= 11 is 0. The van der Waals surface area contributed by atoms with Crippen molar-refractivity contribution in [1.82, 2.24) is 4.90 Å². The van der Waals surface area contributed by atoms with Gasteiger partial charge in [-0.25, -0.2) is 4.79 Å². The minimum atomic E-state index is -0.197. The van der Waals surface area contributed by atoms with Crippen LogP contribution in [0.2, 0.25) is 0 Å². The highest BCUT2D eigenvalue weighted by Crippen LogP contribution is 2.23. The fourth-order valence-electron chi connectivity index (χ4n) is 2.80. The lowest BCUT2D eigenvalue weighted by Gasteiger charge is -2.26. The molecule has 0 heterocycles. The summed E-state index contributed by atoms with van der Waals surface area (Å²) in [7, 11) is 1.75. The van der Waals surface area contributed by atoms with Gasteiger partial charge in [0.1, 0.15) is 0 Å². The second-order valence-electron chi connectivity index (χ2n) is 6.53. The van der Waals surface area contributed by atoms with E-state index in [1.54, 1.807) is 24.1 Å². The maximum atomic E-state index is 12.5. The zero-order valence-corrected chi connectivity index (χ0v) is 15.9. The van der Waals surface area contributed by atoms with Gasteiger partial charge in [0.05, 0.1) is 6.04 Å². The average Bonchev–Trinajstić information content (AvgIpc) is 2.74. The number of hydrogen-bond donors (Lipinski definition) is 2. The van der Waals surface area contributed by atoms with E-state index in [-0.39, 0.29) is 18.0 Å². The van der Waals surface area contributed by atoms with Crippen LogP contribution in [0.5, 0.6) is 0 Å². The van der Waals surface area contributed by atoms with Gasteiger partial charge in [-0.15, -0.1) is 0 Å². The molecule has 3 aromatic rings. The Labute approximate surface area is 165 Å². The average molecular weight is 373 g/mol. The van der Waals surface area contributed by atoms with E-state index in [1.165, 1.54) is 0 Å². The number of rotatable bonds is 5. The summed E-state index contributed by atoms with van der Waals surface area (Å²) in [5.41, 5.74) is 2.96. The molecule has 3 rings (SSSR count). The predicted octanol–water partition coefficient (Wildman–Crippen LogP) is 5.16. The lowest BCUT2D eigenvalue weighted by atomic mass is 10.1. The molecule has 142 valence electrons. The van der Waals surface area contributed by atoms with Gasteiger partial charge in [0, 0.05) is 24.0 Å². The Morgan fingerprint density at radius 1 is 0.786 bits per heavy atom. The van der Waals surface area contributed by atoms with Gasteiger partial charge >= 0.3 is 6.03 Å². The molecule has 0 bridgehead atoms. The number of nitrogens with zero attached hydrogens (tertiary/aromatic N) is 1. The monoisotopic (exact) mass is 373 g/mol. The quantitative estimate of drug-likeness (QED) is 0.649. The molecule has 0 radical (unpaired) electrons. The number of amides is 3. The van der Waals surface area contributed by atoms with Crippen molar-refractivity contribution < 1.29 is 9.59 Å². The van der Waals surface area contributed by atoms with Gasteiger partial charge in [0.15, 0.2) is 0 Å². The van der Waals surface area contributed by atoms with E-state index in [0.717, 1.165) is 11.3 Å². The molecule has 0 saturated heterocycles. The highest BCUT2D eigenvalue weighted by atomic mass is 16.2. The molecule has 1 atom stereocenters. The summed E-state index contributed by atoms with van der Waals surface area (Å²) in [6, 6.07) is 25.6. The third-order valence-electron chi connectivity index (χ3n) is 4.59. The van der Waals surface area contributed by atoms with Crippen LogP contribution in [0.4, 0.5) is 16.2 Å². The van der Waals surface area contributed by atoms with E-state index >= 15 is 0 Å². The number of anilines is 2. The van der Waals surface area contributed by atoms with Crippen LogP contribution < -0.4 is 10.6 Å². The van der Waals surface area contributed by atoms with Gasteiger partial charge in [-0.2, -0.15) is 0 Å². The zero-order valence-electron chi connectivity index (χ0n) is 15.9. The normalized spacial score (nSPS) is 11.4. The highest BCUT2D eigenvalue weighted by Gasteiger charge is 2.18. The lowest BCUT2D eigenvalue weighted by molar-refractivity contribution is 0.102. The van der Waals surface area contributed by atoms with Crippen molar-refractivity contribution in [2.24, 2.45) is 0 Å². The SMILES string of the molecule is C[C@@H](c1cccc(NC(=O)c2ccccc2)c1)N(C)C(=O)Nc1ccccc1. The van der Waals surface area contributed by atoms with Crippen LogP contribution in [0.15, 0.2) is 84.9 Å². The summed E-state index contributed by atoms with van der Waals surface area (Å²) in [5, 5.41) is 5.78. The molecule has 5 heteroatoms. The van der Waals surface area contributed by atoms with Gasteiger partial charge in [-0.1, -0.05) is 48.5 Å². The molecule has 3 amide bonds. The molecule has 0 saturated carbocycles. The Bertz CT molecular complexity index is 942. The Kier molecular flexibility index (Phi) is 6.07. The third-order valence-corrected chi connectivity index (χ3v) is 4.59. The van der Waals surface area contributed by atoms with E-state index in [2.05, 4.69) is 10.6 Å². The van der Waals surface area contributed by atoms with E-state index < -0.39 is 0 Å². The van der Waals surface area contributed by atoms with Crippen LogP contribution in [0.3, 0.4) is 0 Å². The number of carbonyl (C=O) groups excluding carboxylic acids is 2. The fourth-order valence-corrected chi connectivity index (χ4v) is 2.80. The Morgan fingerprint density at radius 3 is 2.07 bits per heavy atom. The van der Waals surface area contributed by atoms with Crippen LogP contribution in [-0.2, 0) is 0 Å². The third kappa shape index (κ3) is 4.76. The summed E-state index contributed by atoms with van der Waals surface area (Å²) in [4.78, 5) is 26.5. The van der Waals surface area contributed by atoms with Crippen molar-refractivity contribution in [1.29, 1.82) is 0 Å². The van der Waals surface area contributed by atoms with Crippen molar-refractivity contribution in [3.05, 3.63) is 96.1 Å². The fraction of sp³-hybridized carbons (Fsp3) is 0.130. The van der Waals surface area contributed by atoms with Crippen molar-refractivity contribution in [2.75, 3.05) is 17.7 Å². The van der Waals surface area contributed by atoms with Gasteiger partial charge < -0.3 is 15.5 Å². The molecule has 2 N–H and O–H groups in total. The summed E-state index contributed by atoms with van der Waals surface area (Å²) in [5.74, 6) is -0.166. The second-order valence-corrected chi connectivity index (χ2v) is 6.53. The van der Waals surface area contributed by atoms with Crippen molar-refractivity contribution in [2.45, 2.75) is 13.0 Å². The Balaban J connectivity index is 1.68. The largest absolute Gasteiger partial charge is 0.322 e. The number of urea groups is 1. The van der Waals surface area contributed by atoms with Gasteiger partial charge in [0.25, 0.3) is 5.91 Å². The van der Waals surface area contributed by atoms with Crippen LogP contribution in [0.25, 0.3) is 0 Å². The summed E-state index contributed by atoms with van der Waals surface area (Å²) in [6.45, 7) is 1.95. The van der Waals surface area contributed by atoms with Crippen molar-refractivity contribution >= 4 is 23.3 Å². The highest BCUT2D eigenvalue weighted by molar-refractivity contribution is 6.04. The minimum Gasteiger partial charge on any atom is -0.322 e. The first-order valence-corrected chi connectivity index (χ1v) is 9.10. The molecule has 0 aromatic heterocycles. The molecule has 0 unspecified atom stereocenters. The Morgan fingerprint density at radius 2 is 1.39 bits per heavy atom. The van der Waals surface area contributed by atoms with E-state index in [0.29, 0.717) is 11.3 Å². The number of para-hydroxylation sites is 1. The standard InChI is InChI=1S/C23H23N3O2/c1-17(26(2)23(28)25-20-13-7-4-8-14-20)19-12-9-15-21(16-19)24-22(27)18-10-5-3-6-11-18/h3-17H,1-2H3,(H,24,27)(H,25,28)/t17-/m0/s1. The van der Waals surface area contributed by atoms with Crippen LogP contribution >= 0.6 is 0 Å². The molecule has 0 fully saturated rings. The predicted molar refractivity (Wildman–Crippen MR) is 112 cm³/mol. The van der Waals surface area contributed by atoms with Crippen LogP contribution in [0, 0.1) is 0 Å². The van der Waals surface area contributed by atoms with Gasteiger partial charge in [-0.3, -0.25) is 4.79 Å². The number of carbonyl (C=O) groups is 2. The molecule has 0 aliphatic carbocycles. The Hall–Kier alpha value is -3.60. The van der Waals surface area contributed by atoms with Crippen molar-refractivity contribution in [3.63, 3.8) is 0 Å². The molecule has 0 spiro atoms. The molecule has 5 nitrogen and oxygen atoms in total. The lowest BCUT2D eigenvalue weighted by Crippen LogP contribution is -2.33. The molecule has 0 aliphatic heterocycles. The minimum absolute atomic E-state index is 0.166. The van der Waals surface area contributed by atoms with E-state index in [4.69, 9.17) is 0 Å². The first kappa shape index (κ1) is 19.2. The van der Waals surface area contributed by atoms with Gasteiger partial charge in [-0.05, 0) is 48.9 Å². The summed E-state index contributed by atoms with van der Waals surface area (Å²) < 4.78 is 0. The topological polar surface area (TPSA) is 61.4 Å². The molecular weight excluding hydrogens is 350 g/mol. The first-order valence-electron chi connectivity index (χ1n) is 9.10. The summed E-state index contributed by atoms with van der Waals surface area (Å²) in [6.07, 6.45) is 0. The number of nitrogens with one attached hydrogen (secondary N) is 2. The molecule has 3 aromatic carbocycles. The van der Waals surface area contributed by atoms with Gasteiger partial charge in [0.2, 0.25) is 0 Å². The number of hydrogen-bond acceptors (Lipinski definition) is 2. The maximum Gasteiger partial charge on any atom is 0.322 e. The van der Waals surface area contributed by atoms with E-state index in [9.17, 15) is 9.59 Å².